The zero-order valence-electron chi connectivity index (χ0n) is 11.5. The van der Waals surface area contributed by atoms with Gasteiger partial charge in [-0.1, -0.05) is 48.5 Å². The third kappa shape index (κ3) is 2.22. The van der Waals surface area contributed by atoms with Gasteiger partial charge in [0.15, 0.2) is 0 Å². The maximum absolute atomic E-state index is 5.89. The highest BCUT2D eigenvalue weighted by Gasteiger charge is 2.14. The van der Waals surface area contributed by atoms with Crippen molar-refractivity contribution in [3.05, 3.63) is 71.2 Å². The third-order valence-electron chi connectivity index (χ3n) is 3.55. The van der Waals surface area contributed by atoms with E-state index in [4.69, 9.17) is 4.42 Å². The Bertz CT molecular complexity index is 957. The molecule has 1 aromatic heterocycles. The lowest BCUT2D eigenvalue weighted by atomic mass is 10.0. The molecule has 0 fully saturated rings. The van der Waals surface area contributed by atoms with E-state index in [-0.39, 0.29) is 0 Å². The van der Waals surface area contributed by atoms with Crippen LogP contribution in [0.25, 0.3) is 33.7 Å². The molecule has 22 heavy (non-hydrogen) atoms. The van der Waals surface area contributed by atoms with Crippen LogP contribution in [0.2, 0.25) is 0 Å². The molecule has 0 spiro atoms. The van der Waals surface area contributed by atoms with Gasteiger partial charge in [-0.25, -0.2) is 0 Å². The zero-order chi connectivity index (χ0) is 14.9. The molecular formula is C18H11BrN2O. The molecule has 0 bridgehead atoms. The van der Waals surface area contributed by atoms with Gasteiger partial charge in [-0.05, 0) is 44.9 Å². The van der Waals surface area contributed by atoms with Gasteiger partial charge in [-0.3, -0.25) is 0 Å². The largest absolute Gasteiger partial charge is 0.416 e. The first kappa shape index (κ1) is 13.2. The van der Waals surface area contributed by atoms with E-state index in [1.54, 1.807) is 0 Å². The van der Waals surface area contributed by atoms with E-state index >= 15 is 0 Å². The Morgan fingerprint density at radius 1 is 0.682 bits per heavy atom. The van der Waals surface area contributed by atoms with Crippen LogP contribution in [0.15, 0.2) is 75.6 Å². The van der Waals surface area contributed by atoms with E-state index in [0.717, 1.165) is 26.4 Å². The van der Waals surface area contributed by atoms with E-state index in [1.807, 2.05) is 48.5 Å². The number of hydrogen-bond acceptors (Lipinski definition) is 3. The Morgan fingerprint density at radius 3 is 2.18 bits per heavy atom. The Morgan fingerprint density at radius 2 is 1.32 bits per heavy atom. The predicted molar refractivity (Wildman–Crippen MR) is 90.4 cm³/mol. The van der Waals surface area contributed by atoms with Crippen LogP contribution in [-0.4, -0.2) is 10.2 Å². The first-order chi connectivity index (χ1) is 10.8. The number of nitrogens with zero attached hydrogens (tertiary/aromatic N) is 2. The molecule has 106 valence electrons. The molecule has 0 saturated carbocycles. The zero-order valence-corrected chi connectivity index (χ0v) is 13.1. The molecule has 4 rings (SSSR count). The number of rotatable bonds is 2. The first-order valence-electron chi connectivity index (χ1n) is 6.89. The molecule has 0 aliphatic heterocycles. The summed E-state index contributed by atoms with van der Waals surface area (Å²) in [5.74, 6) is 1.04. The van der Waals surface area contributed by atoms with Crippen molar-refractivity contribution < 1.29 is 4.42 Å². The minimum absolute atomic E-state index is 0.510. The maximum Gasteiger partial charge on any atom is 0.249 e. The van der Waals surface area contributed by atoms with E-state index in [1.165, 1.54) is 0 Å². The average Bonchev–Trinajstić information content (AvgIpc) is 3.04. The number of aromatic nitrogens is 2. The summed E-state index contributed by atoms with van der Waals surface area (Å²) in [6, 6.07) is 22.0. The van der Waals surface area contributed by atoms with Crippen molar-refractivity contribution in [2.45, 2.75) is 0 Å². The van der Waals surface area contributed by atoms with Crippen molar-refractivity contribution in [2.24, 2.45) is 0 Å². The highest BCUT2D eigenvalue weighted by Crippen LogP contribution is 2.32. The maximum atomic E-state index is 5.89. The van der Waals surface area contributed by atoms with Gasteiger partial charge in [0, 0.05) is 10.0 Å². The highest BCUT2D eigenvalue weighted by atomic mass is 79.9. The van der Waals surface area contributed by atoms with Gasteiger partial charge < -0.3 is 4.42 Å². The minimum Gasteiger partial charge on any atom is -0.416 e. The number of benzene rings is 3. The summed E-state index contributed by atoms with van der Waals surface area (Å²) in [6.45, 7) is 0. The second-order valence-corrected chi connectivity index (χ2v) is 5.77. The number of halogens is 1. The molecule has 0 amide bonds. The molecule has 0 atom stereocenters. The van der Waals surface area contributed by atoms with Crippen LogP contribution in [0.5, 0.6) is 0 Å². The van der Waals surface area contributed by atoms with Crippen LogP contribution in [-0.2, 0) is 0 Å². The average molecular weight is 351 g/mol. The molecule has 3 nitrogen and oxygen atoms in total. The lowest BCUT2D eigenvalue weighted by Gasteiger charge is -2.02. The van der Waals surface area contributed by atoms with Crippen molar-refractivity contribution in [2.75, 3.05) is 0 Å². The smallest absolute Gasteiger partial charge is 0.249 e. The molecule has 1 heterocycles. The summed E-state index contributed by atoms with van der Waals surface area (Å²) in [4.78, 5) is 0. The molecule has 0 aliphatic carbocycles. The van der Waals surface area contributed by atoms with Gasteiger partial charge in [0.05, 0.1) is 5.56 Å². The molecule has 4 aromatic rings. The summed E-state index contributed by atoms with van der Waals surface area (Å²) in [7, 11) is 0. The van der Waals surface area contributed by atoms with Crippen LogP contribution in [0.4, 0.5) is 0 Å². The Balaban J connectivity index is 1.86. The van der Waals surface area contributed by atoms with Gasteiger partial charge in [-0.15, -0.1) is 10.2 Å². The summed E-state index contributed by atoms with van der Waals surface area (Å²) in [5.41, 5.74) is 1.84. The molecule has 0 saturated heterocycles. The molecule has 3 aromatic carbocycles. The minimum atomic E-state index is 0.510. The highest BCUT2D eigenvalue weighted by molar-refractivity contribution is 9.10. The third-order valence-corrected chi connectivity index (χ3v) is 4.24. The van der Waals surface area contributed by atoms with Crippen molar-refractivity contribution in [1.29, 1.82) is 0 Å². The van der Waals surface area contributed by atoms with Crippen LogP contribution in [0.1, 0.15) is 0 Å². The predicted octanol–water partition coefficient (Wildman–Crippen LogP) is 5.32. The van der Waals surface area contributed by atoms with Crippen molar-refractivity contribution in [3.8, 4) is 22.9 Å². The van der Waals surface area contributed by atoms with Crippen LogP contribution >= 0.6 is 15.9 Å². The SMILES string of the molecule is Brc1ccccc1-c1nnc(-c2cccc3ccccc23)o1. The standard InChI is InChI=1S/C18H11BrN2O/c19-16-11-4-3-9-15(16)18-21-20-17(22-18)14-10-5-7-12-6-1-2-8-13(12)14/h1-11H. The first-order valence-corrected chi connectivity index (χ1v) is 7.69. The van der Waals surface area contributed by atoms with E-state index in [0.29, 0.717) is 11.8 Å². The van der Waals surface area contributed by atoms with Crippen molar-refractivity contribution >= 4 is 26.7 Å². The van der Waals surface area contributed by atoms with Gasteiger partial charge in [-0.2, -0.15) is 0 Å². The van der Waals surface area contributed by atoms with Crippen LogP contribution < -0.4 is 0 Å². The second kappa shape index (κ2) is 5.39. The monoisotopic (exact) mass is 350 g/mol. The number of fused-ring (bicyclic) bond motifs is 1. The van der Waals surface area contributed by atoms with E-state index in [9.17, 15) is 0 Å². The summed E-state index contributed by atoms with van der Waals surface area (Å²) in [6.07, 6.45) is 0. The van der Waals surface area contributed by atoms with Gasteiger partial charge in [0.1, 0.15) is 0 Å². The lowest BCUT2D eigenvalue weighted by molar-refractivity contribution is 0.585. The van der Waals surface area contributed by atoms with Crippen LogP contribution in [0.3, 0.4) is 0 Å². The van der Waals surface area contributed by atoms with Crippen molar-refractivity contribution in [3.63, 3.8) is 0 Å². The molecule has 0 aliphatic rings. The van der Waals surface area contributed by atoms with E-state index in [2.05, 4.69) is 44.3 Å². The normalized spacial score (nSPS) is 11.0. The van der Waals surface area contributed by atoms with Gasteiger partial charge >= 0.3 is 0 Å². The second-order valence-electron chi connectivity index (χ2n) is 4.92. The Hall–Kier alpha value is -2.46. The molecule has 4 heteroatoms. The molecule has 0 radical (unpaired) electrons. The Labute approximate surface area is 135 Å². The quantitative estimate of drug-likeness (QED) is 0.491. The van der Waals surface area contributed by atoms with Gasteiger partial charge in [0.25, 0.3) is 0 Å². The summed E-state index contributed by atoms with van der Waals surface area (Å²) in [5, 5.41) is 10.7. The molecule has 0 N–H and O–H groups in total. The van der Waals surface area contributed by atoms with E-state index < -0.39 is 0 Å². The fourth-order valence-corrected chi connectivity index (χ4v) is 2.94. The molecule has 0 unspecified atom stereocenters. The Kier molecular flexibility index (Phi) is 3.24. The topological polar surface area (TPSA) is 38.9 Å². The van der Waals surface area contributed by atoms with Gasteiger partial charge in [0.2, 0.25) is 11.8 Å². The fourth-order valence-electron chi connectivity index (χ4n) is 2.49. The fraction of sp³-hybridized carbons (Fsp3) is 0. The molecular weight excluding hydrogens is 340 g/mol. The lowest BCUT2D eigenvalue weighted by Crippen LogP contribution is -1.81. The number of hydrogen-bond donors (Lipinski definition) is 0. The summed E-state index contributed by atoms with van der Waals surface area (Å²) >= 11 is 3.51. The van der Waals surface area contributed by atoms with Crippen molar-refractivity contribution in [1.82, 2.24) is 10.2 Å². The van der Waals surface area contributed by atoms with Crippen LogP contribution in [0, 0.1) is 0 Å². The summed E-state index contributed by atoms with van der Waals surface area (Å²) < 4.78 is 6.83.